The Kier molecular flexibility index (Phi) is 2.96. The molecule has 0 radical (unpaired) electrons. The summed E-state index contributed by atoms with van der Waals surface area (Å²) in [5, 5.41) is 8.78. The molecular weight excluding hydrogens is 289 g/mol. The van der Waals surface area contributed by atoms with Crippen molar-refractivity contribution >= 4 is 17.4 Å². The molecule has 1 aliphatic carbocycles. The van der Waals surface area contributed by atoms with Crippen molar-refractivity contribution in [3.05, 3.63) is 46.6 Å². The van der Waals surface area contributed by atoms with Gasteiger partial charge in [0.15, 0.2) is 0 Å². The van der Waals surface area contributed by atoms with Gasteiger partial charge in [0.1, 0.15) is 12.0 Å². The molecule has 1 aromatic carbocycles. The van der Waals surface area contributed by atoms with E-state index in [1.165, 1.54) is 0 Å². The maximum Gasteiger partial charge on any atom is 0.124 e. The highest BCUT2D eigenvalue weighted by atomic mass is 35.5. The zero-order valence-electron chi connectivity index (χ0n) is 11.6. The van der Waals surface area contributed by atoms with Crippen molar-refractivity contribution in [2.45, 2.75) is 37.4 Å². The van der Waals surface area contributed by atoms with Gasteiger partial charge < -0.3 is 5.32 Å². The summed E-state index contributed by atoms with van der Waals surface area (Å²) < 4.78 is 15.7. The minimum Gasteiger partial charge on any atom is -0.370 e. The monoisotopic (exact) mass is 305 g/mol. The quantitative estimate of drug-likeness (QED) is 0.915. The molecule has 2 aromatic rings. The molecule has 1 aromatic heterocycles. The second kappa shape index (κ2) is 4.73. The summed E-state index contributed by atoms with van der Waals surface area (Å²) in [6.45, 7) is 1.88. The normalized spacial score (nSPS) is 27.6. The number of aromatic nitrogens is 2. The molecule has 0 atom stereocenters. The Hall–Kier alpha value is -1.55. The van der Waals surface area contributed by atoms with Crippen LogP contribution in [0, 0.1) is 0 Å². The van der Waals surface area contributed by atoms with Crippen LogP contribution in [-0.2, 0) is 12.0 Å². The van der Waals surface area contributed by atoms with E-state index in [0.717, 1.165) is 36.6 Å². The largest absolute Gasteiger partial charge is 0.370 e. The van der Waals surface area contributed by atoms with Crippen LogP contribution in [0.1, 0.15) is 30.5 Å². The van der Waals surface area contributed by atoms with Crippen LogP contribution in [0.15, 0.2) is 30.3 Å². The second-order valence-electron chi connectivity index (χ2n) is 5.99. The number of rotatable bonds is 2. The number of nitrogens with zero attached hydrogens (tertiary/aromatic N) is 2. The van der Waals surface area contributed by atoms with E-state index in [1.807, 2.05) is 28.9 Å². The third-order valence-corrected chi connectivity index (χ3v) is 4.98. The Bertz CT molecular complexity index is 652. The van der Waals surface area contributed by atoms with Gasteiger partial charge in [0, 0.05) is 29.6 Å². The van der Waals surface area contributed by atoms with E-state index < -0.39 is 6.17 Å². The molecule has 1 N–H and O–H groups in total. The standard InChI is InChI=1S/C16H17ClFN3/c17-13-5-2-1-4-12(13)16(9-11(18)10-16)14-8-15-19-6-3-7-21(15)20-14/h1-2,4-5,8,11,19H,3,6-7,9-10H2. The minimum atomic E-state index is -0.770. The molecule has 0 unspecified atom stereocenters. The molecule has 2 heterocycles. The lowest BCUT2D eigenvalue weighted by Crippen LogP contribution is -2.44. The van der Waals surface area contributed by atoms with Gasteiger partial charge in [-0.15, -0.1) is 0 Å². The maximum absolute atomic E-state index is 13.7. The van der Waals surface area contributed by atoms with Gasteiger partial charge in [0.2, 0.25) is 0 Å². The Labute approximate surface area is 128 Å². The van der Waals surface area contributed by atoms with Gasteiger partial charge in [0.05, 0.1) is 5.69 Å². The molecule has 1 saturated carbocycles. The summed E-state index contributed by atoms with van der Waals surface area (Å²) in [5.74, 6) is 1.03. The molecule has 4 rings (SSSR count). The van der Waals surface area contributed by atoms with Gasteiger partial charge in [-0.2, -0.15) is 5.10 Å². The average molecular weight is 306 g/mol. The molecule has 21 heavy (non-hydrogen) atoms. The predicted molar refractivity (Wildman–Crippen MR) is 81.7 cm³/mol. The number of nitrogens with one attached hydrogen (secondary N) is 1. The highest BCUT2D eigenvalue weighted by Gasteiger charge is 2.50. The zero-order valence-corrected chi connectivity index (χ0v) is 12.4. The topological polar surface area (TPSA) is 29.9 Å². The predicted octanol–water partition coefficient (Wildman–Crippen LogP) is 3.77. The third-order valence-electron chi connectivity index (χ3n) is 4.65. The first-order chi connectivity index (χ1) is 10.2. The first-order valence-corrected chi connectivity index (χ1v) is 7.78. The number of benzene rings is 1. The van der Waals surface area contributed by atoms with Crippen LogP contribution in [0.25, 0.3) is 0 Å². The molecule has 0 saturated heterocycles. The van der Waals surface area contributed by atoms with Crippen molar-refractivity contribution in [2.75, 3.05) is 11.9 Å². The number of aryl methyl sites for hydroxylation is 1. The molecule has 1 fully saturated rings. The van der Waals surface area contributed by atoms with Crippen molar-refractivity contribution in [3.63, 3.8) is 0 Å². The van der Waals surface area contributed by atoms with E-state index in [1.54, 1.807) is 0 Å². The third kappa shape index (κ3) is 1.96. The zero-order chi connectivity index (χ0) is 14.4. The summed E-state index contributed by atoms with van der Waals surface area (Å²) in [4.78, 5) is 0. The minimum absolute atomic E-state index is 0.371. The van der Waals surface area contributed by atoms with Crippen molar-refractivity contribution in [1.29, 1.82) is 0 Å². The number of anilines is 1. The number of halogens is 2. The van der Waals surface area contributed by atoms with E-state index in [0.29, 0.717) is 17.9 Å². The van der Waals surface area contributed by atoms with Crippen LogP contribution in [-0.4, -0.2) is 22.5 Å². The van der Waals surface area contributed by atoms with Crippen LogP contribution in [0.3, 0.4) is 0 Å². The SMILES string of the molecule is FC1CC(c2cc3n(n2)CCCN3)(c2ccccc2Cl)C1. The lowest BCUT2D eigenvalue weighted by molar-refractivity contribution is 0.120. The molecular formula is C16H17ClFN3. The molecule has 5 heteroatoms. The van der Waals surface area contributed by atoms with E-state index in [4.69, 9.17) is 16.7 Å². The van der Waals surface area contributed by atoms with Crippen LogP contribution in [0.2, 0.25) is 5.02 Å². The van der Waals surface area contributed by atoms with E-state index in [9.17, 15) is 4.39 Å². The molecule has 1 aliphatic heterocycles. The van der Waals surface area contributed by atoms with Gasteiger partial charge in [0.25, 0.3) is 0 Å². The fourth-order valence-electron chi connectivity index (χ4n) is 3.52. The van der Waals surface area contributed by atoms with Crippen LogP contribution in [0.5, 0.6) is 0 Å². The van der Waals surface area contributed by atoms with Gasteiger partial charge in [-0.05, 0) is 30.9 Å². The van der Waals surface area contributed by atoms with E-state index >= 15 is 0 Å². The van der Waals surface area contributed by atoms with E-state index in [-0.39, 0.29) is 5.41 Å². The molecule has 2 aliphatic rings. The first-order valence-electron chi connectivity index (χ1n) is 7.40. The lowest BCUT2D eigenvalue weighted by atomic mass is 9.61. The van der Waals surface area contributed by atoms with Crippen LogP contribution >= 0.6 is 11.6 Å². The summed E-state index contributed by atoms with van der Waals surface area (Å²) in [5.41, 5.74) is 1.56. The fraction of sp³-hybridized carbons (Fsp3) is 0.438. The summed E-state index contributed by atoms with van der Waals surface area (Å²) in [6.07, 6.45) is 1.23. The smallest absolute Gasteiger partial charge is 0.124 e. The lowest BCUT2D eigenvalue weighted by Gasteiger charge is -2.44. The van der Waals surface area contributed by atoms with Crippen molar-refractivity contribution in [3.8, 4) is 0 Å². The van der Waals surface area contributed by atoms with Crippen LogP contribution in [0.4, 0.5) is 10.2 Å². The summed E-state index contributed by atoms with van der Waals surface area (Å²) >= 11 is 6.37. The number of fused-ring (bicyclic) bond motifs is 1. The summed E-state index contributed by atoms with van der Waals surface area (Å²) in [7, 11) is 0. The number of hydrogen-bond acceptors (Lipinski definition) is 2. The highest BCUT2D eigenvalue weighted by molar-refractivity contribution is 6.31. The molecule has 3 nitrogen and oxygen atoms in total. The van der Waals surface area contributed by atoms with Gasteiger partial charge >= 0.3 is 0 Å². The Morgan fingerprint density at radius 3 is 2.86 bits per heavy atom. The highest BCUT2D eigenvalue weighted by Crippen LogP contribution is 2.52. The van der Waals surface area contributed by atoms with E-state index in [2.05, 4.69) is 11.4 Å². The molecule has 0 spiro atoms. The van der Waals surface area contributed by atoms with Crippen molar-refractivity contribution in [2.24, 2.45) is 0 Å². The first kappa shape index (κ1) is 13.1. The van der Waals surface area contributed by atoms with Crippen molar-refractivity contribution in [1.82, 2.24) is 9.78 Å². The molecule has 0 bridgehead atoms. The number of alkyl halides is 1. The fourth-order valence-corrected chi connectivity index (χ4v) is 3.84. The van der Waals surface area contributed by atoms with Gasteiger partial charge in [-0.1, -0.05) is 29.8 Å². The molecule has 0 amide bonds. The summed E-state index contributed by atoms with van der Waals surface area (Å²) in [6, 6.07) is 9.81. The maximum atomic E-state index is 13.7. The average Bonchev–Trinajstić information content (AvgIpc) is 2.88. The van der Waals surface area contributed by atoms with Crippen molar-refractivity contribution < 1.29 is 4.39 Å². The van der Waals surface area contributed by atoms with Gasteiger partial charge in [-0.25, -0.2) is 9.07 Å². The second-order valence-corrected chi connectivity index (χ2v) is 6.39. The van der Waals surface area contributed by atoms with Gasteiger partial charge in [-0.3, -0.25) is 0 Å². The van der Waals surface area contributed by atoms with Crippen LogP contribution < -0.4 is 5.32 Å². The number of hydrogen-bond donors (Lipinski definition) is 1. The molecule has 110 valence electrons. The Balaban J connectivity index is 1.82. The Morgan fingerprint density at radius 1 is 1.33 bits per heavy atom. The Morgan fingerprint density at radius 2 is 2.14 bits per heavy atom.